The van der Waals surface area contributed by atoms with Gasteiger partial charge in [0.2, 0.25) is 6.54 Å². The standard InChI is InChI=1S/C19H20ClNO6S2/c20-13-15-11-19(12-16(15)14-21(22)23,28(24,25)17-7-3-1-4-8-17)29(26,27)18-9-5-2-6-10-18/h1-10,15-16H,11-14H2. The van der Waals surface area contributed by atoms with E-state index in [1.165, 1.54) is 48.5 Å². The third-order valence-corrected chi connectivity index (χ3v) is 11.6. The molecule has 2 unspecified atom stereocenters. The summed E-state index contributed by atoms with van der Waals surface area (Å²) in [6.45, 7) is -0.534. The lowest BCUT2D eigenvalue weighted by Gasteiger charge is -2.29. The van der Waals surface area contributed by atoms with Crippen molar-refractivity contribution in [1.82, 2.24) is 0 Å². The summed E-state index contributed by atoms with van der Waals surface area (Å²) in [7, 11) is -8.77. The maximum absolute atomic E-state index is 13.7. The van der Waals surface area contributed by atoms with E-state index in [-0.39, 0.29) is 28.5 Å². The summed E-state index contributed by atoms with van der Waals surface area (Å²) < 4.78 is 52.5. The second kappa shape index (κ2) is 8.04. The molecule has 1 aliphatic carbocycles. The number of rotatable bonds is 7. The molecule has 0 spiro atoms. The number of nitro groups is 1. The van der Waals surface area contributed by atoms with Crippen LogP contribution in [0.2, 0.25) is 0 Å². The minimum absolute atomic E-state index is 0.0606. The van der Waals surface area contributed by atoms with Crippen molar-refractivity contribution in [1.29, 1.82) is 0 Å². The number of hydrogen-bond acceptors (Lipinski definition) is 6. The van der Waals surface area contributed by atoms with Crippen molar-refractivity contribution in [3.63, 3.8) is 0 Å². The average Bonchev–Trinajstić information content (AvgIpc) is 3.09. The summed E-state index contributed by atoms with van der Waals surface area (Å²) in [4.78, 5) is 10.3. The van der Waals surface area contributed by atoms with E-state index in [4.69, 9.17) is 11.6 Å². The molecule has 7 nitrogen and oxygen atoms in total. The minimum Gasteiger partial charge on any atom is -0.265 e. The summed E-state index contributed by atoms with van der Waals surface area (Å²) >= 11 is 5.99. The van der Waals surface area contributed by atoms with Crippen LogP contribution in [0.15, 0.2) is 70.5 Å². The summed E-state index contributed by atoms with van der Waals surface area (Å²) in [6.07, 6.45) is -0.663. The van der Waals surface area contributed by atoms with Gasteiger partial charge in [-0.1, -0.05) is 36.4 Å². The molecule has 1 fully saturated rings. The van der Waals surface area contributed by atoms with Crippen LogP contribution in [0.3, 0.4) is 0 Å². The summed E-state index contributed by atoms with van der Waals surface area (Å²) in [5.41, 5.74) is 0. The van der Waals surface area contributed by atoms with E-state index in [0.717, 1.165) is 0 Å². The Hall–Kier alpha value is -1.97. The fourth-order valence-corrected chi connectivity index (χ4v) is 9.73. The van der Waals surface area contributed by atoms with Crippen LogP contribution in [-0.2, 0) is 19.7 Å². The van der Waals surface area contributed by atoms with Gasteiger partial charge in [0.25, 0.3) is 0 Å². The van der Waals surface area contributed by atoms with Gasteiger partial charge in [-0.15, -0.1) is 11.6 Å². The van der Waals surface area contributed by atoms with Crippen molar-refractivity contribution in [2.75, 3.05) is 12.4 Å². The highest BCUT2D eigenvalue weighted by Crippen LogP contribution is 2.52. The molecular weight excluding hydrogens is 438 g/mol. The smallest absolute Gasteiger partial charge is 0.207 e. The van der Waals surface area contributed by atoms with Crippen molar-refractivity contribution in [3.8, 4) is 0 Å². The second-order valence-corrected chi connectivity index (χ2v) is 12.2. The molecule has 0 saturated heterocycles. The number of halogens is 1. The van der Waals surface area contributed by atoms with Crippen LogP contribution in [0, 0.1) is 22.0 Å². The van der Waals surface area contributed by atoms with E-state index >= 15 is 0 Å². The topological polar surface area (TPSA) is 111 Å². The third kappa shape index (κ3) is 3.67. The molecular formula is C19H20ClNO6S2. The zero-order chi connectivity index (χ0) is 21.3. The monoisotopic (exact) mass is 457 g/mol. The van der Waals surface area contributed by atoms with E-state index < -0.39 is 47.1 Å². The van der Waals surface area contributed by atoms with Crippen molar-refractivity contribution in [3.05, 3.63) is 70.8 Å². The molecule has 0 bridgehead atoms. The number of benzene rings is 2. The highest BCUT2D eigenvalue weighted by atomic mass is 35.5. The van der Waals surface area contributed by atoms with Crippen LogP contribution in [0.25, 0.3) is 0 Å². The SMILES string of the molecule is O=[N+]([O-])CC1CC(S(=O)(=O)c2ccccc2)(S(=O)(=O)c2ccccc2)CC1CCl. The van der Waals surface area contributed by atoms with E-state index in [1.807, 2.05) is 0 Å². The van der Waals surface area contributed by atoms with Crippen LogP contribution in [-0.4, -0.2) is 38.3 Å². The summed E-state index contributed by atoms with van der Waals surface area (Å²) in [5, 5.41) is 11.1. The van der Waals surface area contributed by atoms with Gasteiger partial charge in [-0.3, -0.25) is 10.1 Å². The van der Waals surface area contributed by atoms with Crippen LogP contribution in [0.1, 0.15) is 12.8 Å². The highest BCUT2D eigenvalue weighted by Gasteiger charge is 2.63. The molecule has 1 aliphatic rings. The zero-order valence-corrected chi connectivity index (χ0v) is 17.7. The molecule has 156 valence electrons. The van der Waals surface area contributed by atoms with E-state index in [2.05, 4.69) is 0 Å². The molecule has 2 aromatic rings. The lowest BCUT2D eigenvalue weighted by atomic mass is 9.98. The van der Waals surface area contributed by atoms with Crippen LogP contribution in [0.5, 0.6) is 0 Å². The fourth-order valence-electron chi connectivity index (χ4n) is 4.01. The lowest BCUT2D eigenvalue weighted by molar-refractivity contribution is -0.489. The first-order chi connectivity index (χ1) is 13.7. The Kier molecular flexibility index (Phi) is 6.03. The largest absolute Gasteiger partial charge is 0.265 e. The Morgan fingerprint density at radius 1 is 0.862 bits per heavy atom. The molecule has 0 heterocycles. The predicted molar refractivity (Wildman–Crippen MR) is 109 cm³/mol. The Morgan fingerprint density at radius 3 is 1.66 bits per heavy atom. The highest BCUT2D eigenvalue weighted by molar-refractivity contribution is 8.10. The molecule has 0 N–H and O–H groups in total. The zero-order valence-electron chi connectivity index (χ0n) is 15.3. The van der Waals surface area contributed by atoms with E-state index in [9.17, 15) is 26.9 Å². The molecule has 29 heavy (non-hydrogen) atoms. The van der Waals surface area contributed by atoms with E-state index in [1.54, 1.807) is 12.1 Å². The number of sulfone groups is 2. The Balaban J connectivity index is 2.25. The normalized spacial score (nSPS) is 21.7. The van der Waals surface area contributed by atoms with Crippen LogP contribution in [0.4, 0.5) is 0 Å². The van der Waals surface area contributed by atoms with E-state index in [0.29, 0.717) is 0 Å². The van der Waals surface area contributed by atoms with Crippen LogP contribution >= 0.6 is 11.6 Å². The maximum atomic E-state index is 13.7. The number of nitrogens with zero attached hydrogens (tertiary/aromatic N) is 1. The quantitative estimate of drug-likeness (QED) is 0.358. The fraction of sp³-hybridized carbons (Fsp3) is 0.368. The van der Waals surface area contributed by atoms with Gasteiger partial charge in [0.1, 0.15) is 0 Å². The van der Waals surface area contributed by atoms with Gasteiger partial charge in [0, 0.05) is 16.7 Å². The molecule has 2 aromatic carbocycles. The van der Waals surface area contributed by atoms with Gasteiger partial charge in [-0.2, -0.15) is 0 Å². The van der Waals surface area contributed by atoms with Crippen LogP contribution < -0.4 is 0 Å². The third-order valence-electron chi connectivity index (χ3n) is 5.48. The molecule has 0 amide bonds. The average molecular weight is 458 g/mol. The number of hydrogen-bond donors (Lipinski definition) is 0. The van der Waals surface area contributed by atoms with Gasteiger partial charge in [0.05, 0.1) is 9.79 Å². The molecule has 3 rings (SSSR count). The molecule has 2 atom stereocenters. The Bertz CT molecular complexity index is 1020. The van der Waals surface area contributed by atoms with Gasteiger partial charge in [-0.05, 0) is 43.0 Å². The first-order valence-corrected chi connectivity index (χ1v) is 12.4. The summed E-state index contributed by atoms with van der Waals surface area (Å²) in [5.74, 6) is -1.44. The van der Waals surface area contributed by atoms with Gasteiger partial charge in [-0.25, -0.2) is 16.8 Å². The Labute approximate surface area is 174 Å². The van der Waals surface area contributed by atoms with Crippen molar-refractivity contribution < 1.29 is 21.8 Å². The van der Waals surface area contributed by atoms with Crippen molar-refractivity contribution in [2.45, 2.75) is 26.7 Å². The molecule has 0 aromatic heterocycles. The first kappa shape index (κ1) is 21.7. The van der Waals surface area contributed by atoms with Crippen molar-refractivity contribution >= 4 is 31.3 Å². The Morgan fingerprint density at radius 2 is 1.28 bits per heavy atom. The molecule has 1 saturated carbocycles. The molecule has 0 radical (unpaired) electrons. The van der Waals surface area contributed by atoms with Gasteiger partial charge < -0.3 is 0 Å². The predicted octanol–water partition coefficient (Wildman–Crippen LogP) is 3.17. The first-order valence-electron chi connectivity index (χ1n) is 8.93. The number of alkyl halides is 1. The second-order valence-electron chi connectivity index (χ2n) is 7.14. The van der Waals surface area contributed by atoms with Gasteiger partial charge in [0.15, 0.2) is 23.8 Å². The van der Waals surface area contributed by atoms with Gasteiger partial charge >= 0.3 is 0 Å². The molecule has 10 heteroatoms. The molecule has 0 aliphatic heterocycles. The maximum Gasteiger partial charge on any atom is 0.207 e. The van der Waals surface area contributed by atoms with Crippen molar-refractivity contribution in [2.24, 2.45) is 11.8 Å². The summed E-state index contributed by atoms with van der Waals surface area (Å²) in [6, 6.07) is 14.7. The lowest BCUT2D eigenvalue weighted by Crippen LogP contribution is -2.44. The minimum atomic E-state index is -4.39.